The number of aromatic nitrogens is 2. The third-order valence-corrected chi connectivity index (χ3v) is 4.00. The van der Waals surface area contributed by atoms with E-state index < -0.39 is 0 Å². The molecule has 0 amide bonds. The summed E-state index contributed by atoms with van der Waals surface area (Å²) in [6.45, 7) is 11.5. The van der Waals surface area contributed by atoms with Crippen LogP contribution in [-0.2, 0) is 19.5 Å². The molecule has 21 heavy (non-hydrogen) atoms. The third kappa shape index (κ3) is 3.94. The highest BCUT2D eigenvalue weighted by Crippen LogP contribution is 2.15. The summed E-state index contributed by atoms with van der Waals surface area (Å²) < 4.78 is 2.12. The van der Waals surface area contributed by atoms with Crippen molar-refractivity contribution in [3.63, 3.8) is 0 Å². The molecule has 0 radical (unpaired) electrons. The highest BCUT2D eigenvalue weighted by Gasteiger charge is 2.09. The molecule has 1 aromatic heterocycles. The molecule has 2 rings (SSSR count). The molecule has 0 aliphatic carbocycles. The van der Waals surface area contributed by atoms with Crippen molar-refractivity contribution in [2.45, 2.75) is 53.6 Å². The van der Waals surface area contributed by atoms with E-state index in [4.69, 9.17) is 0 Å². The van der Waals surface area contributed by atoms with E-state index >= 15 is 0 Å². The molecule has 0 bridgehead atoms. The predicted molar refractivity (Wildman–Crippen MR) is 88.6 cm³/mol. The quantitative estimate of drug-likeness (QED) is 0.788. The normalized spacial score (nSPS) is 11.0. The topological polar surface area (TPSA) is 29.9 Å². The van der Waals surface area contributed by atoms with Gasteiger partial charge in [0.2, 0.25) is 0 Å². The predicted octanol–water partition coefficient (Wildman–Crippen LogP) is 3.61. The van der Waals surface area contributed by atoms with E-state index in [1.165, 1.54) is 28.8 Å². The Kier molecular flexibility index (Phi) is 5.57. The molecular formula is C18H27N3. The number of hydrogen-bond donors (Lipinski definition) is 1. The van der Waals surface area contributed by atoms with E-state index in [2.05, 4.69) is 67.1 Å². The van der Waals surface area contributed by atoms with Crippen LogP contribution in [0.25, 0.3) is 0 Å². The molecule has 0 saturated heterocycles. The van der Waals surface area contributed by atoms with E-state index in [9.17, 15) is 0 Å². The molecule has 0 spiro atoms. The van der Waals surface area contributed by atoms with Gasteiger partial charge in [0.25, 0.3) is 0 Å². The minimum atomic E-state index is 0.856. The lowest BCUT2D eigenvalue weighted by Crippen LogP contribution is -2.13. The van der Waals surface area contributed by atoms with Crippen molar-refractivity contribution in [1.29, 1.82) is 0 Å². The first-order valence-corrected chi connectivity index (χ1v) is 7.97. The van der Waals surface area contributed by atoms with E-state index in [-0.39, 0.29) is 0 Å². The van der Waals surface area contributed by atoms with Gasteiger partial charge in [-0.15, -0.1) is 0 Å². The van der Waals surface area contributed by atoms with E-state index in [1.807, 2.05) is 0 Å². The Morgan fingerprint density at radius 3 is 2.29 bits per heavy atom. The van der Waals surface area contributed by atoms with Crippen LogP contribution >= 0.6 is 0 Å². The maximum atomic E-state index is 4.66. The van der Waals surface area contributed by atoms with Crippen LogP contribution in [0, 0.1) is 13.8 Å². The highest BCUT2D eigenvalue weighted by atomic mass is 15.3. The van der Waals surface area contributed by atoms with Gasteiger partial charge in [0.15, 0.2) is 0 Å². The summed E-state index contributed by atoms with van der Waals surface area (Å²) in [7, 11) is 0. The van der Waals surface area contributed by atoms with Gasteiger partial charge in [-0.05, 0) is 49.9 Å². The van der Waals surface area contributed by atoms with Crippen LogP contribution in [0.4, 0.5) is 0 Å². The fourth-order valence-corrected chi connectivity index (χ4v) is 2.74. The molecule has 0 aliphatic heterocycles. The molecular weight excluding hydrogens is 258 g/mol. The molecule has 0 atom stereocenters. The molecule has 0 fully saturated rings. The zero-order valence-electron chi connectivity index (χ0n) is 13.7. The fraction of sp³-hybridized carbons (Fsp3) is 0.500. The number of benzene rings is 1. The molecule has 114 valence electrons. The highest BCUT2D eigenvalue weighted by molar-refractivity contribution is 5.27. The molecule has 0 unspecified atom stereocenters. The van der Waals surface area contributed by atoms with E-state index in [0.717, 1.165) is 31.7 Å². The zero-order chi connectivity index (χ0) is 15.2. The van der Waals surface area contributed by atoms with Crippen molar-refractivity contribution in [2.75, 3.05) is 6.54 Å². The van der Waals surface area contributed by atoms with Crippen molar-refractivity contribution in [2.24, 2.45) is 0 Å². The van der Waals surface area contributed by atoms with Gasteiger partial charge < -0.3 is 5.32 Å². The lowest BCUT2D eigenvalue weighted by molar-refractivity contribution is 0.656. The van der Waals surface area contributed by atoms with Gasteiger partial charge in [-0.2, -0.15) is 5.10 Å². The molecule has 1 heterocycles. The van der Waals surface area contributed by atoms with E-state index in [1.54, 1.807) is 0 Å². The maximum Gasteiger partial charge on any atom is 0.0662 e. The Hall–Kier alpha value is -1.61. The first-order chi connectivity index (χ1) is 10.2. The van der Waals surface area contributed by atoms with Crippen molar-refractivity contribution in [3.8, 4) is 0 Å². The standard InChI is InChI=1S/C18H27N3/c1-5-11-19-12-16-7-9-17(10-8-16)13-21-15(4)18(6-2)14(3)20-21/h7-10,19H,5-6,11-13H2,1-4H3. The summed E-state index contributed by atoms with van der Waals surface area (Å²) in [5.41, 5.74) is 6.49. The minimum absolute atomic E-state index is 0.856. The van der Waals surface area contributed by atoms with Crippen molar-refractivity contribution >= 4 is 0 Å². The lowest BCUT2D eigenvalue weighted by Gasteiger charge is -2.07. The average Bonchev–Trinajstić information content (AvgIpc) is 2.75. The lowest BCUT2D eigenvalue weighted by atomic mass is 10.1. The van der Waals surface area contributed by atoms with Crippen LogP contribution in [0.15, 0.2) is 24.3 Å². The first kappa shape index (κ1) is 15.8. The summed E-state index contributed by atoms with van der Waals surface area (Å²) >= 11 is 0. The second kappa shape index (κ2) is 7.41. The molecule has 1 N–H and O–H groups in total. The average molecular weight is 285 g/mol. The van der Waals surface area contributed by atoms with Crippen LogP contribution in [0.1, 0.15) is 48.3 Å². The van der Waals surface area contributed by atoms with Gasteiger partial charge in [-0.3, -0.25) is 4.68 Å². The Balaban J connectivity index is 2.03. The van der Waals surface area contributed by atoms with Crippen molar-refractivity contribution in [1.82, 2.24) is 15.1 Å². The zero-order valence-corrected chi connectivity index (χ0v) is 13.7. The second-order valence-electron chi connectivity index (χ2n) is 5.65. The number of rotatable bonds is 7. The molecule has 3 heteroatoms. The van der Waals surface area contributed by atoms with E-state index in [0.29, 0.717) is 0 Å². The summed E-state index contributed by atoms with van der Waals surface area (Å²) in [4.78, 5) is 0. The van der Waals surface area contributed by atoms with Gasteiger partial charge in [-0.25, -0.2) is 0 Å². The number of aryl methyl sites for hydroxylation is 1. The number of nitrogens with one attached hydrogen (secondary N) is 1. The minimum Gasteiger partial charge on any atom is -0.313 e. The maximum absolute atomic E-state index is 4.66. The van der Waals surface area contributed by atoms with Gasteiger partial charge in [0.1, 0.15) is 0 Å². The Labute approximate surface area is 128 Å². The van der Waals surface area contributed by atoms with Crippen molar-refractivity contribution in [3.05, 3.63) is 52.3 Å². The monoisotopic (exact) mass is 285 g/mol. The second-order valence-corrected chi connectivity index (χ2v) is 5.65. The fourth-order valence-electron chi connectivity index (χ4n) is 2.74. The third-order valence-electron chi connectivity index (χ3n) is 4.00. The summed E-state index contributed by atoms with van der Waals surface area (Å²) in [5.74, 6) is 0. The summed E-state index contributed by atoms with van der Waals surface area (Å²) in [6.07, 6.45) is 2.23. The molecule has 2 aromatic rings. The number of nitrogens with zero attached hydrogens (tertiary/aromatic N) is 2. The van der Waals surface area contributed by atoms with Crippen LogP contribution < -0.4 is 5.32 Å². The van der Waals surface area contributed by atoms with Crippen LogP contribution in [0.2, 0.25) is 0 Å². The van der Waals surface area contributed by atoms with Crippen LogP contribution in [0.3, 0.4) is 0 Å². The van der Waals surface area contributed by atoms with Crippen molar-refractivity contribution < 1.29 is 0 Å². The van der Waals surface area contributed by atoms with Gasteiger partial charge in [0.05, 0.1) is 12.2 Å². The smallest absolute Gasteiger partial charge is 0.0662 e. The Morgan fingerprint density at radius 1 is 1.05 bits per heavy atom. The summed E-state index contributed by atoms with van der Waals surface area (Å²) in [6, 6.07) is 8.85. The van der Waals surface area contributed by atoms with Gasteiger partial charge in [0, 0.05) is 12.2 Å². The Bertz CT molecular complexity index is 567. The molecule has 1 aromatic carbocycles. The SMILES string of the molecule is CCCNCc1ccc(Cn2nc(C)c(CC)c2C)cc1. The van der Waals surface area contributed by atoms with Crippen LogP contribution in [0.5, 0.6) is 0 Å². The van der Waals surface area contributed by atoms with Gasteiger partial charge >= 0.3 is 0 Å². The first-order valence-electron chi connectivity index (χ1n) is 7.97. The van der Waals surface area contributed by atoms with Crippen LogP contribution in [-0.4, -0.2) is 16.3 Å². The number of hydrogen-bond acceptors (Lipinski definition) is 2. The van der Waals surface area contributed by atoms with Gasteiger partial charge in [-0.1, -0.05) is 38.1 Å². The Morgan fingerprint density at radius 2 is 1.71 bits per heavy atom. The molecule has 0 aliphatic rings. The molecule has 0 saturated carbocycles. The largest absolute Gasteiger partial charge is 0.313 e. The molecule has 3 nitrogen and oxygen atoms in total. The summed E-state index contributed by atoms with van der Waals surface area (Å²) in [5, 5.41) is 8.09.